The molecule has 0 radical (unpaired) electrons. The van der Waals surface area contributed by atoms with Gasteiger partial charge in [0.1, 0.15) is 6.10 Å². The normalized spacial score (nSPS) is 18.0. The quantitative estimate of drug-likeness (QED) is 0.536. The second-order valence-corrected chi connectivity index (χ2v) is 7.67. The summed E-state index contributed by atoms with van der Waals surface area (Å²) in [5.74, 6) is 0. The Kier molecular flexibility index (Phi) is 5.71. The standard InChI is InChI=1S/C20H20Cl2N4O2/c21-15-6-4-12(10-16(15)22)19(18-3-1-2-8-23-18)28-20(27)25-14-5-7-17-13(9-14)11-24-26-17/h4-7,9-11,18-19,23H,1-3,8H2,(H,24,26)(H,25,27)/t18-,19?/m0/s1. The Hall–Kier alpha value is -2.28. The summed E-state index contributed by atoms with van der Waals surface area (Å²) in [7, 11) is 0. The maximum atomic E-state index is 12.6. The fourth-order valence-electron chi connectivity index (χ4n) is 3.49. The van der Waals surface area contributed by atoms with Crippen molar-refractivity contribution in [2.45, 2.75) is 31.4 Å². The number of anilines is 1. The Bertz CT molecular complexity index is 985. The highest BCUT2D eigenvalue weighted by Crippen LogP contribution is 2.32. The van der Waals surface area contributed by atoms with Crippen LogP contribution in [0.5, 0.6) is 0 Å². The summed E-state index contributed by atoms with van der Waals surface area (Å²) in [6.45, 7) is 0.893. The molecule has 3 aromatic rings. The molecule has 1 aromatic heterocycles. The maximum Gasteiger partial charge on any atom is 0.412 e. The molecule has 0 saturated carbocycles. The van der Waals surface area contributed by atoms with Crippen molar-refractivity contribution in [1.82, 2.24) is 15.5 Å². The molecule has 4 rings (SSSR count). The van der Waals surface area contributed by atoms with E-state index in [1.807, 2.05) is 18.2 Å². The molecule has 6 nitrogen and oxygen atoms in total. The number of hydrogen-bond donors (Lipinski definition) is 3. The van der Waals surface area contributed by atoms with Crippen molar-refractivity contribution in [3.05, 3.63) is 58.2 Å². The van der Waals surface area contributed by atoms with Crippen molar-refractivity contribution in [3.8, 4) is 0 Å². The molecular weight excluding hydrogens is 399 g/mol. The maximum absolute atomic E-state index is 12.6. The van der Waals surface area contributed by atoms with Crippen LogP contribution in [0.1, 0.15) is 30.9 Å². The lowest BCUT2D eigenvalue weighted by Crippen LogP contribution is -2.41. The average molecular weight is 419 g/mol. The number of carbonyl (C=O) groups is 1. The van der Waals surface area contributed by atoms with Crippen LogP contribution in [0.4, 0.5) is 10.5 Å². The van der Waals surface area contributed by atoms with Crippen molar-refractivity contribution in [2.75, 3.05) is 11.9 Å². The zero-order valence-corrected chi connectivity index (χ0v) is 16.6. The SMILES string of the molecule is O=C(Nc1ccc2[nH]ncc2c1)OC(c1ccc(Cl)c(Cl)c1)[C@@H]1CCCCN1. The first kappa shape index (κ1) is 19.1. The van der Waals surface area contributed by atoms with Gasteiger partial charge >= 0.3 is 6.09 Å². The second-order valence-electron chi connectivity index (χ2n) is 6.85. The highest BCUT2D eigenvalue weighted by atomic mass is 35.5. The van der Waals surface area contributed by atoms with Gasteiger partial charge in [-0.3, -0.25) is 10.4 Å². The monoisotopic (exact) mass is 418 g/mol. The second kappa shape index (κ2) is 8.39. The van der Waals surface area contributed by atoms with Crippen molar-refractivity contribution < 1.29 is 9.53 Å². The zero-order valence-electron chi connectivity index (χ0n) is 15.0. The van der Waals surface area contributed by atoms with E-state index in [-0.39, 0.29) is 6.04 Å². The van der Waals surface area contributed by atoms with E-state index in [1.165, 1.54) is 0 Å². The summed E-state index contributed by atoms with van der Waals surface area (Å²) in [4.78, 5) is 12.6. The van der Waals surface area contributed by atoms with Gasteiger partial charge in [-0.15, -0.1) is 0 Å². The number of piperidine rings is 1. The number of carbonyl (C=O) groups excluding carboxylic acids is 1. The Morgan fingerprint density at radius 1 is 1.18 bits per heavy atom. The zero-order chi connectivity index (χ0) is 19.5. The summed E-state index contributed by atoms with van der Waals surface area (Å²) in [6, 6.07) is 10.9. The van der Waals surface area contributed by atoms with Crippen LogP contribution in [0.25, 0.3) is 10.9 Å². The Morgan fingerprint density at radius 2 is 2.07 bits per heavy atom. The van der Waals surface area contributed by atoms with E-state index in [9.17, 15) is 4.79 Å². The van der Waals surface area contributed by atoms with Crippen LogP contribution < -0.4 is 10.6 Å². The topological polar surface area (TPSA) is 79.0 Å². The van der Waals surface area contributed by atoms with Crippen LogP contribution in [0.15, 0.2) is 42.6 Å². The number of benzene rings is 2. The lowest BCUT2D eigenvalue weighted by atomic mass is 9.95. The van der Waals surface area contributed by atoms with Gasteiger partial charge in [-0.2, -0.15) is 5.10 Å². The van der Waals surface area contributed by atoms with Gasteiger partial charge in [0.25, 0.3) is 0 Å². The van der Waals surface area contributed by atoms with Crippen LogP contribution >= 0.6 is 23.2 Å². The number of rotatable bonds is 4. The molecule has 2 heterocycles. The molecule has 28 heavy (non-hydrogen) atoms. The van der Waals surface area contributed by atoms with Gasteiger partial charge in [0.2, 0.25) is 0 Å². The minimum Gasteiger partial charge on any atom is -0.439 e. The van der Waals surface area contributed by atoms with Gasteiger partial charge in [0, 0.05) is 17.1 Å². The van der Waals surface area contributed by atoms with Crippen LogP contribution in [-0.2, 0) is 4.74 Å². The van der Waals surface area contributed by atoms with E-state index < -0.39 is 12.2 Å². The van der Waals surface area contributed by atoms with E-state index >= 15 is 0 Å². The number of fused-ring (bicyclic) bond motifs is 1. The minimum absolute atomic E-state index is 0.0214. The van der Waals surface area contributed by atoms with Crippen molar-refractivity contribution in [3.63, 3.8) is 0 Å². The van der Waals surface area contributed by atoms with Crippen molar-refractivity contribution in [1.29, 1.82) is 0 Å². The molecule has 1 saturated heterocycles. The predicted octanol–water partition coefficient (Wildman–Crippen LogP) is 5.30. The molecule has 2 atom stereocenters. The molecule has 1 aliphatic rings. The molecule has 3 N–H and O–H groups in total. The third-order valence-corrected chi connectivity index (χ3v) is 5.65. The number of H-pyrrole nitrogens is 1. The van der Waals surface area contributed by atoms with Crippen molar-refractivity contribution >= 4 is 45.9 Å². The number of nitrogens with zero attached hydrogens (tertiary/aromatic N) is 1. The number of halogens is 2. The lowest BCUT2D eigenvalue weighted by Gasteiger charge is -2.31. The number of ether oxygens (including phenoxy) is 1. The number of aromatic nitrogens is 2. The highest BCUT2D eigenvalue weighted by Gasteiger charge is 2.29. The molecular formula is C20H20Cl2N4O2. The molecule has 1 aliphatic heterocycles. The summed E-state index contributed by atoms with van der Waals surface area (Å²) in [5.41, 5.74) is 2.36. The summed E-state index contributed by atoms with van der Waals surface area (Å²) >= 11 is 12.2. The van der Waals surface area contributed by atoms with Gasteiger partial charge in [-0.05, 0) is 55.3 Å². The van der Waals surface area contributed by atoms with Gasteiger partial charge in [-0.1, -0.05) is 35.7 Å². The van der Waals surface area contributed by atoms with Gasteiger partial charge in [-0.25, -0.2) is 4.79 Å². The first-order valence-corrected chi connectivity index (χ1v) is 9.95. The molecule has 2 aromatic carbocycles. The van der Waals surface area contributed by atoms with Crippen LogP contribution in [0, 0.1) is 0 Å². The first-order valence-electron chi connectivity index (χ1n) is 9.19. The van der Waals surface area contributed by atoms with E-state index in [0.29, 0.717) is 15.7 Å². The van der Waals surface area contributed by atoms with E-state index in [2.05, 4.69) is 20.8 Å². The van der Waals surface area contributed by atoms with E-state index in [4.69, 9.17) is 27.9 Å². The summed E-state index contributed by atoms with van der Waals surface area (Å²) in [6.07, 6.45) is 3.83. The number of hydrogen-bond acceptors (Lipinski definition) is 4. The largest absolute Gasteiger partial charge is 0.439 e. The molecule has 0 spiro atoms. The molecule has 0 bridgehead atoms. The predicted molar refractivity (Wildman–Crippen MR) is 111 cm³/mol. The van der Waals surface area contributed by atoms with E-state index in [1.54, 1.807) is 24.4 Å². The summed E-state index contributed by atoms with van der Waals surface area (Å²) < 4.78 is 5.83. The smallest absolute Gasteiger partial charge is 0.412 e. The summed E-state index contributed by atoms with van der Waals surface area (Å²) in [5, 5.41) is 14.9. The first-order chi connectivity index (χ1) is 13.6. The minimum atomic E-state index is -0.522. The fraction of sp³-hybridized carbons (Fsp3) is 0.300. The number of aromatic amines is 1. The molecule has 146 valence electrons. The Morgan fingerprint density at radius 3 is 2.86 bits per heavy atom. The lowest BCUT2D eigenvalue weighted by molar-refractivity contribution is 0.0763. The fourth-order valence-corrected chi connectivity index (χ4v) is 3.80. The molecule has 0 aliphatic carbocycles. The van der Waals surface area contributed by atoms with Crippen LogP contribution in [-0.4, -0.2) is 28.9 Å². The third-order valence-electron chi connectivity index (χ3n) is 4.91. The number of nitrogens with one attached hydrogen (secondary N) is 3. The Balaban J connectivity index is 1.53. The number of amides is 1. The highest BCUT2D eigenvalue weighted by molar-refractivity contribution is 6.42. The van der Waals surface area contributed by atoms with Gasteiger partial charge < -0.3 is 10.1 Å². The van der Waals surface area contributed by atoms with Gasteiger partial charge in [0.15, 0.2) is 0 Å². The molecule has 8 heteroatoms. The Labute approximate surface area is 172 Å². The molecule has 1 unspecified atom stereocenters. The third kappa shape index (κ3) is 4.24. The van der Waals surface area contributed by atoms with Crippen LogP contribution in [0.3, 0.4) is 0 Å². The van der Waals surface area contributed by atoms with E-state index in [0.717, 1.165) is 42.3 Å². The molecule has 1 amide bonds. The van der Waals surface area contributed by atoms with Crippen LogP contribution in [0.2, 0.25) is 10.0 Å². The van der Waals surface area contributed by atoms with Gasteiger partial charge in [0.05, 0.1) is 21.8 Å². The van der Waals surface area contributed by atoms with Crippen molar-refractivity contribution in [2.24, 2.45) is 0 Å². The molecule has 1 fully saturated rings. The average Bonchev–Trinajstić information content (AvgIpc) is 3.17.